The molecule has 2 rings (SSSR count). The predicted molar refractivity (Wildman–Crippen MR) is 108 cm³/mol. The van der Waals surface area contributed by atoms with E-state index in [1.807, 2.05) is 12.1 Å². The Kier molecular flexibility index (Phi) is 8.04. The van der Waals surface area contributed by atoms with Crippen LogP contribution < -0.4 is 0 Å². The number of nitrogens with zero attached hydrogens (tertiary/aromatic N) is 1. The minimum absolute atomic E-state index is 0.306. The highest BCUT2D eigenvalue weighted by atomic mass is 35.5. The second-order valence-electron chi connectivity index (χ2n) is 7.80. The highest BCUT2D eigenvalue weighted by Crippen LogP contribution is 2.39. The molecule has 1 aromatic carbocycles. The number of halogens is 1. The van der Waals surface area contributed by atoms with Gasteiger partial charge in [0.25, 0.3) is 0 Å². The van der Waals surface area contributed by atoms with Crippen LogP contribution in [0.3, 0.4) is 0 Å². The number of alkyl halides is 1. The summed E-state index contributed by atoms with van der Waals surface area (Å²) >= 11 is 6.62. The number of allylic oxidation sites excluding steroid dienone is 2. The Morgan fingerprint density at radius 2 is 1.92 bits per heavy atom. The fraction of sp³-hybridized carbons (Fsp3) is 0.609. The Bertz CT molecular complexity index is 583. The van der Waals surface area contributed by atoms with E-state index in [9.17, 15) is 0 Å². The van der Waals surface area contributed by atoms with E-state index in [4.69, 9.17) is 16.9 Å². The SMILES string of the molecule is CCC(C)C(C)C/C=C/C1CCC(Cl)[C@@H]1CCc1ccc(C#N)cc1. The molecule has 0 N–H and O–H groups in total. The van der Waals surface area contributed by atoms with Crippen molar-refractivity contribution < 1.29 is 0 Å². The fourth-order valence-electron chi connectivity index (χ4n) is 3.86. The molecule has 0 aromatic heterocycles. The van der Waals surface area contributed by atoms with Crippen LogP contribution in [0.25, 0.3) is 0 Å². The third-order valence-electron chi connectivity index (χ3n) is 6.15. The summed E-state index contributed by atoms with van der Waals surface area (Å²) < 4.78 is 0. The van der Waals surface area contributed by atoms with Gasteiger partial charge in [-0.25, -0.2) is 0 Å². The summed E-state index contributed by atoms with van der Waals surface area (Å²) in [5.74, 6) is 2.75. The summed E-state index contributed by atoms with van der Waals surface area (Å²) in [6, 6.07) is 10.2. The van der Waals surface area contributed by atoms with E-state index in [1.165, 1.54) is 24.8 Å². The molecule has 0 spiro atoms. The zero-order valence-corrected chi connectivity index (χ0v) is 16.7. The largest absolute Gasteiger partial charge is 0.192 e. The molecule has 5 atom stereocenters. The Labute approximate surface area is 159 Å². The van der Waals surface area contributed by atoms with Crippen molar-refractivity contribution in [1.29, 1.82) is 5.26 Å². The summed E-state index contributed by atoms with van der Waals surface area (Å²) in [6.07, 6.45) is 11.8. The Morgan fingerprint density at radius 1 is 1.20 bits per heavy atom. The molecule has 0 bridgehead atoms. The first kappa shape index (κ1) is 20.1. The standard InChI is InChI=1S/C23H32ClN/c1-4-17(2)18(3)6-5-7-21-13-15-23(24)22(21)14-12-19-8-10-20(16-25)11-9-19/h5,7-11,17-18,21-23H,4,6,12-15H2,1-3H3/b7-5+/t17?,18?,21?,22-,23?/m1/s1. The van der Waals surface area contributed by atoms with Crippen LogP contribution >= 0.6 is 11.6 Å². The summed E-state index contributed by atoms with van der Waals surface area (Å²) in [5, 5.41) is 9.20. The molecule has 1 fully saturated rings. The normalized spacial score (nSPS) is 25.8. The minimum atomic E-state index is 0.306. The van der Waals surface area contributed by atoms with Crippen LogP contribution in [0, 0.1) is 35.0 Å². The van der Waals surface area contributed by atoms with Gasteiger partial charge in [-0.1, -0.05) is 51.5 Å². The summed E-state index contributed by atoms with van der Waals surface area (Å²) in [5.41, 5.74) is 2.04. The summed E-state index contributed by atoms with van der Waals surface area (Å²) in [7, 11) is 0. The van der Waals surface area contributed by atoms with Gasteiger partial charge in [0.2, 0.25) is 0 Å². The average molecular weight is 358 g/mol. The van der Waals surface area contributed by atoms with Crippen molar-refractivity contribution in [2.24, 2.45) is 23.7 Å². The molecule has 0 saturated heterocycles. The van der Waals surface area contributed by atoms with Gasteiger partial charge in [-0.05, 0) is 73.5 Å². The van der Waals surface area contributed by atoms with E-state index < -0.39 is 0 Å². The number of hydrogen-bond acceptors (Lipinski definition) is 1. The molecule has 0 heterocycles. The van der Waals surface area contributed by atoms with Crippen molar-refractivity contribution >= 4 is 11.6 Å². The van der Waals surface area contributed by atoms with Gasteiger partial charge in [0.1, 0.15) is 0 Å². The Balaban J connectivity index is 1.87. The average Bonchev–Trinajstić information content (AvgIpc) is 2.99. The van der Waals surface area contributed by atoms with Crippen LogP contribution in [-0.4, -0.2) is 5.38 Å². The molecule has 136 valence electrons. The van der Waals surface area contributed by atoms with Crippen molar-refractivity contribution in [3.8, 4) is 6.07 Å². The van der Waals surface area contributed by atoms with Crippen molar-refractivity contribution in [2.45, 2.75) is 64.7 Å². The number of benzene rings is 1. The van der Waals surface area contributed by atoms with Gasteiger partial charge in [0.05, 0.1) is 11.6 Å². The molecule has 2 heteroatoms. The molecule has 4 unspecified atom stereocenters. The third-order valence-corrected chi connectivity index (χ3v) is 6.69. The van der Waals surface area contributed by atoms with Crippen molar-refractivity contribution in [3.63, 3.8) is 0 Å². The van der Waals surface area contributed by atoms with Crippen molar-refractivity contribution in [3.05, 3.63) is 47.5 Å². The van der Waals surface area contributed by atoms with Gasteiger partial charge in [-0.3, -0.25) is 0 Å². The lowest BCUT2D eigenvalue weighted by atomic mass is 9.87. The van der Waals surface area contributed by atoms with Crippen LogP contribution in [0.15, 0.2) is 36.4 Å². The van der Waals surface area contributed by atoms with Crippen molar-refractivity contribution in [2.75, 3.05) is 0 Å². The van der Waals surface area contributed by atoms with E-state index in [0.29, 0.717) is 17.2 Å². The minimum Gasteiger partial charge on any atom is -0.192 e. The molecular weight excluding hydrogens is 326 g/mol. The van der Waals surface area contributed by atoms with E-state index in [0.717, 1.165) is 36.7 Å². The molecule has 1 aliphatic rings. The zero-order valence-electron chi connectivity index (χ0n) is 15.9. The highest BCUT2D eigenvalue weighted by Gasteiger charge is 2.32. The third kappa shape index (κ3) is 5.89. The van der Waals surface area contributed by atoms with E-state index in [-0.39, 0.29) is 0 Å². The fourth-order valence-corrected chi connectivity index (χ4v) is 4.30. The van der Waals surface area contributed by atoms with Crippen LogP contribution in [0.2, 0.25) is 0 Å². The van der Waals surface area contributed by atoms with Gasteiger partial charge < -0.3 is 0 Å². The maximum atomic E-state index is 8.90. The Morgan fingerprint density at radius 3 is 2.56 bits per heavy atom. The second-order valence-corrected chi connectivity index (χ2v) is 8.36. The maximum absolute atomic E-state index is 8.90. The predicted octanol–water partition coefficient (Wildman–Crippen LogP) is 6.75. The van der Waals surface area contributed by atoms with Gasteiger partial charge in [0.15, 0.2) is 0 Å². The molecule has 1 aliphatic carbocycles. The van der Waals surface area contributed by atoms with E-state index >= 15 is 0 Å². The topological polar surface area (TPSA) is 23.8 Å². The monoisotopic (exact) mass is 357 g/mol. The summed E-state index contributed by atoms with van der Waals surface area (Å²) in [4.78, 5) is 0. The quantitative estimate of drug-likeness (QED) is 0.372. The smallest absolute Gasteiger partial charge is 0.0991 e. The Hall–Kier alpha value is -1.26. The van der Waals surface area contributed by atoms with Crippen molar-refractivity contribution in [1.82, 2.24) is 0 Å². The molecule has 0 aliphatic heterocycles. The van der Waals surface area contributed by atoms with Crippen LogP contribution in [0.5, 0.6) is 0 Å². The maximum Gasteiger partial charge on any atom is 0.0991 e. The van der Waals surface area contributed by atoms with Crippen LogP contribution in [0.4, 0.5) is 0 Å². The first-order valence-corrected chi connectivity index (χ1v) is 10.3. The first-order chi connectivity index (χ1) is 12.0. The number of hydrogen-bond donors (Lipinski definition) is 0. The zero-order chi connectivity index (χ0) is 18.2. The van der Waals surface area contributed by atoms with Crippen LogP contribution in [-0.2, 0) is 6.42 Å². The molecule has 0 radical (unpaired) electrons. The number of nitriles is 1. The molecule has 1 saturated carbocycles. The molecule has 25 heavy (non-hydrogen) atoms. The lowest BCUT2D eigenvalue weighted by Gasteiger charge is -2.20. The molecule has 1 aromatic rings. The molecular formula is C23H32ClN. The molecule has 1 nitrogen and oxygen atoms in total. The second kappa shape index (κ2) is 10.0. The number of aryl methyl sites for hydroxylation is 1. The lowest BCUT2D eigenvalue weighted by Crippen LogP contribution is -2.15. The molecule has 0 amide bonds. The van der Waals surface area contributed by atoms with E-state index in [1.54, 1.807) is 0 Å². The van der Waals surface area contributed by atoms with Gasteiger partial charge in [0, 0.05) is 5.38 Å². The first-order valence-electron chi connectivity index (χ1n) is 9.84. The lowest BCUT2D eigenvalue weighted by molar-refractivity contribution is 0.378. The van der Waals surface area contributed by atoms with Gasteiger partial charge >= 0.3 is 0 Å². The van der Waals surface area contributed by atoms with Crippen LogP contribution in [0.1, 0.15) is 64.0 Å². The summed E-state index contributed by atoms with van der Waals surface area (Å²) in [6.45, 7) is 6.99. The van der Waals surface area contributed by atoms with Gasteiger partial charge in [-0.15, -0.1) is 11.6 Å². The number of rotatable bonds is 8. The van der Waals surface area contributed by atoms with E-state index in [2.05, 4.69) is 51.1 Å². The van der Waals surface area contributed by atoms with Gasteiger partial charge in [-0.2, -0.15) is 5.26 Å². The highest BCUT2D eigenvalue weighted by molar-refractivity contribution is 6.21.